The van der Waals surface area contributed by atoms with Gasteiger partial charge in [0, 0.05) is 50.7 Å². The monoisotopic (exact) mass is 438 g/mol. The zero-order valence-corrected chi connectivity index (χ0v) is 18.6. The fourth-order valence-corrected chi connectivity index (χ4v) is 4.05. The molecular weight excluding hydrogens is 415 g/mol. The van der Waals surface area contributed by atoms with Crippen molar-refractivity contribution in [1.82, 2.24) is 19.7 Å². The van der Waals surface area contributed by atoms with Crippen molar-refractivity contribution in [2.45, 2.75) is 39.2 Å². The second-order valence-electron chi connectivity index (χ2n) is 7.42. The van der Waals surface area contributed by atoms with E-state index < -0.39 is 0 Å². The van der Waals surface area contributed by atoms with Crippen LogP contribution in [0.15, 0.2) is 49.1 Å². The summed E-state index contributed by atoms with van der Waals surface area (Å²) in [7, 11) is 0. The highest BCUT2D eigenvalue weighted by Crippen LogP contribution is 2.28. The van der Waals surface area contributed by atoms with Gasteiger partial charge in [-0.1, -0.05) is 55.6 Å². The molecule has 0 amide bonds. The number of hydrogen-bond donors (Lipinski definition) is 1. The van der Waals surface area contributed by atoms with Crippen molar-refractivity contribution in [3.05, 3.63) is 70.2 Å². The fourth-order valence-electron chi connectivity index (χ4n) is 3.68. The van der Waals surface area contributed by atoms with E-state index in [4.69, 9.17) is 23.2 Å². The van der Waals surface area contributed by atoms with Crippen molar-refractivity contribution in [1.29, 1.82) is 0 Å². The first-order valence-corrected chi connectivity index (χ1v) is 11.0. The molecule has 6 heteroatoms. The highest BCUT2D eigenvalue weighted by molar-refractivity contribution is 6.34. The van der Waals surface area contributed by atoms with Crippen LogP contribution >= 0.6 is 23.2 Å². The summed E-state index contributed by atoms with van der Waals surface area (Å²) in [6.07, 6.45) is 15.2. The van der Waals surface area contributed by atoms with Gasteiger partial charge in [0.1, 0.15) is 5.65 Å². The first-order valence-electron chi connectivity index (χ1n) is 10.2. The third-order valence-corrected chi connectivity index (χ3v) is 5.94. The number of fused-ring (bicyclic) bond motifs is 1. The average molecular weight is 439 g/mol. The number of aromatic nitrogens is 4. The number of benzene rings is 1. The Morgan fingerprint density at radius 1 is 1.07 bits per heavy atom. The van der Waals surface area contributed by atoms with E-state index in [1.807, 2.05) is 36.8 Å². The molecule has 0 radical (unpaired) electrons. The van der Waals surface area contributed by atoms with Crippen LogP contribution in [-0.4, -0.2) is 19.7 Å². The number of nitrogens with one attached hydrogen (secondary N) is 1. The van der Waals surface area contributed by atoms with Gasteiger partial charge in [0.15, 0.2) is 0 Å². The van der Waals surface area contributed by atoms with E-state index in [1.165, 1.54) is 0 Å². The van der Waals surface area contributed by atoms with Crippen molar-refractivity contribution in [2.24, 2.45) is 0 Å². The van der Waals surface area contributed by atoms with Gasteiger partial charge >= 0.3 is 0 Å². The number of pyridine rings is 1. The van der Waals surface area contributed by atoms with Crippen LogP contribution < -0.4 is 0 Å². The lowest BCUT2D eigenvalue weighted by molar-refractivity contribution is 0.409. The Labute approximate surface area is 186 Å². The number of rotatable bonds is 7. The summed E-state index contributed by atoms with van der Waals surface area (Å²) in [5.41, 5.74) is 4.90. The van der Waals surface area contributed by atoms with Crippen LogP contribution in [-0.2, 0) is 0 Å². The van der Waals surface area contributed by atoms with Gasteiger partial charge in [-0.2, -0.15) is 5.10 Å². The Bertz CT molecular complexity index is 1190. The van der Waals surface area contributed by atoms with Crippen LogP contribution in [0.3, 0.4) is 0 Å². The molecule has 0 spiro atoms. The van der Waals surface area contributed by atoms with Gasteiger partial charge in [-0.15, -0.1) is 0 Å². The average Bonchev–Trinajstić information content (AvgIpc) is 3.39. The molecule has 4 aromatic rings. The lowest BCUT2D eigenvalue weighted by Gasteiger charge is -2.13. The van der Waals surface area contributed by atoms with Crippen molar-refractivity contribution >= 4 is 46.4 Å². The number of halogens is 2. The topological polar surface area (TPSA) is 46.5 Å². The summed E-state index contributed by atoms with van der Waals surface area (Å²) in [5.74, 6) is 0. The molecule has 4 rings (SSSR count). The van der Waals surface area contributed by atoms with Crippen LogP contribution in [0.4, 0.5) is 0 Å². The lowest BCUT2D eigenvalue weighted by atomic mass is 10.1. The van der Waals surface area contributed by atoms with Gasteiger partial charge < -0.3 is 4.98 Å². The van der Waals surface area contributed by atoms with Gasteiger partial charge in [-0.25, -0.2) is 4.98 Å². The van der Waals surface area contributed by atoms with E-state index in [2.05, 4.69) is 45.9 Å². The molecule has 0 saturated carbocycles. The van der Waals surface area contributed by atoms with E-state index in [-0.39, 0.29) is 0 Å². The molecule has 30 heavy (non-hydrogen) atoms. The minimum atomic E-state index is 0.439. The van der Waals surface area contributed by atoms with Crippen LogP contribution in [0.25, 0.3) is 34.3 Å². The molecule has 0 fully saturated rings. The first kappa shape index (κ1) is 20.7. The zero-order chi connectivity index (χ0) is 21.1. The Balaban J connectivity index is 1.66. The Hall–Kier alpha value is -2.56. The van der Waals surface area contributed by atoms with Crippen molar-refractivity contribution < 1.29 is 0 Å². The maximum Gasteiger partial charge on any atom is 0.137 e. The number of H-pyrrole nitrogens is 1. The third-order valence-electron chi connectivity index (χ3n) is 5.37. The van der Waals surface area contributed by atoms with Gasteiger partial charge in [0.25, 0.3) is 0 Å². The quantitative estimate of drug-likeness (QED) is 0.321. The van der Waals surface area contributed by atoms with E-state index in [0.717, 1.165) is 52.5 Å². The molecule has 4 nitrogen and oxygen atoms in total. The third kappa shape index (κ3) is 4.30. The molecule has 0 aliphatic carbocycles. The summed E-state index contributed by atoms with van der Waals surface area (Å²) in [6.45, 7) is 4.42. The Morgan fingerprint density at radius 2 is 1.90 bits per heavy atom. The maximum atomic E-state index is 6.28. The van der Waals surface area contributed by atoms with E-state index >= 15 is 0 Å². The predicted molar refractivity (Wildman–Crippen MR) is 127 cm³/mol. The first-order chi connectivity index (χ1) is 14.6. The Kier molecular flexibility index (Phi) is 6.26. The molecule has 1 atom stereocenters. The van der Waals surface area contributed by atoms with Crippen molar-refractivity contribution in [3.63, 3.8) is 0 Å². The van der Waals surface area contributed by atoms with E-state index in [1.54, 1.807) is 12.1 Å². The number of nitrogens with zero attached hydrogens (tertiary/aromatic N) is 3. The summed E-state index contributed by atoms with van der Waals surface area (Å²) in [5, 5.41) is 6.98. The molecule has 154 valence electrons. The molecular formula is C24H24Cl2N4. The SMILES string of the molecule is CCCC(CC)n1cc(-c2cnc3[nH]cc(/C=C/c4cc(Cl)ccc4Cl)c3c2)cn1. The standard InChI is InChI=1S/C24H24Cl2N4/c1-3-5-21(4-2)30-15-19(14-29-30)18-11-22-17(12-27-24(22)28-13-18)7-6-16-10-20(25)8-9-23(16)26/h6-15,21H,3-5H2,1-2H3,(H,27,28)/b7-6+. The van der Waals surface area contributed by atoms with E-state index in [9.17, 15) is 0 Å². The van der Waals surface area contributed by atoms with Gasteiger partial charge in [0.2, 0.25) is 0 Å². The predicted octanol–water partition coefficient (Wildman–Crippen LogP) is 7.65. The van der Waals surface area contributed by atoms with Gasteiger partial charge in [-0.3, -0.25) is 4.68 Å². The fraction of sp³-hybridized carbons (Fsp3) is 0.250. The highest BCUT2D eigenvalue weighted by Gasteiger charge is 2.12. The lowest BCUT2D eigenvalue weighted by Crippen LogP contribution is -2.07. The molecule has 1 aromatic carbocycles. The normalized spacial score (nSPS) is 12.8. The number of aromatic amines is 1. The summed E-state index contributed by atoms with van der Waals surface area (Å²) >= 11 is 12.4. The van der Waals surface area contributed by atoms with Crippen molar-refractivity contribution in [2.75, 3.05) is 0 Å². The van der Waals surface area contributed by atoms with Crippen LogP contribution in [0.1, 0.15) is 50.3 Å². The van der Waals surface area contributed by atoms with Crippen LogP contribution in [0, 0.1) is 0 Å². The Morgan fingerprint density at radius 3 is 2.70 bits per heavy atom. The molecule has 0 aliphatic heterocycles. The molecule has 0 aliphatic rings. The van der Waals surface area contributed by atoms with Gasteiger partial charge in [-0.05, 0) is 42.7 Å². The molecule has 3 heterocycles. The molecule has 0 saturated heterocycles. The maximum absolute atomic E-state index is 6.28. The van der Waals surface area contributed by atoms with Crippen LogP contribution in [0.2, 0.25) is 10.0 Å². The van der Waals surface area contributed by atoms with Crippen molar-refractivity contribution in [3.8, 4) is 11.1 Å². The number of hydrogen-bond acceptors (Lipinski definition) is 2. The van der Waals surface area contributed by atoms with Gasteiger partial charge in [0.05, 0.1) is 12.2 Å². The summed E-state index contributed by atoms with van der Waals surface area (Å²) in [4.78, 5) is 7.84. The smallest absolute Gasteiger partial charge is 0.137 e. The second-order valence-corrected chi connectivity index (χ2v) is 8.27. The molecule has 3 aromatic heterocycles. The van der Waals surface area contributed by atoms with Crippen LogP contribution in [0.5, 0.6) is 0 Å². The molecule has 0 bridgehead atoms. The minimum Gasteiger partial charge on any atom is -0.346 e. The largest absolute Gasteiger partial charge is 0.346 e. The molecule has 1 unspecified atom stereocenters. The highest BCUT2D eigenvalue weighted by atomic mass is 35.5. The minimum absolute atomic E-state index is 0.439. The molecule has 1 N–H and O–H groups in total. The summed E-state index contributed by atoms with van der Waals surface area (Å²) in [6, 6.07) is 8.03. The second kappa shape index (κ2) is 9.07. The van der Waals surface area contributed by atoms with E-state index in [0.29, 0.717) is 16.1 Å². The summed E-state index contributed by atoms with van der Waals surface area (Å²) < 4.78 is 2.09. The zero-order valence-electron chi connectivity index (χ0n) is 17.1.